The molecule has 2 N–H and O–H groups in total. The number of pyridine rings is 1. The lowest BCUT2D eigenvalue weighted by Gasteiger charge is -2.41. The van der Waals surface area contributed by atoms with Crippen LogP contribution in [0.15, 0.2) is 59.5 Å². The summed E-state index contributed by atoms with van der Waals surface area (Å²) in [7, 11) is 1.52. The van der Waals surface area contributed by atoms with Crippen LogP contribution >= 0.6 is 11.6 Å². The Morgan fingerprint density at radius 3 is 2.49 bits per heavy atom. The Labute approximate surface area is 327 Å². The third-order valence-electron chi connectivity index (χ3n) is 11.5. The lowest BCUT2D eigenvalue weighted by molar-refractivity contribution is -0.141. The van der Waals surface area contributed by atoms with Crippen molar-refractivity contribution in [2.24, 2.45) is 13.0 Å². The SMILES string of the molecule is Cn1c(=O)n(C2CCC(=O)NC2=O)c2cccc(C3CCN(C[C@H]4CC[C@H](n5cc6cc(NC(=O)c7cccc(C(F)(F)F)n7)c(Cl)cc6n5)CC4)CC3(F)F)c21. The molecule has 3 aliphatic rings. The van der Waals surface area contributed by atoms with Gasteiger partial charge in [-0.1, -0.05) is 29.8 Å². The zero-order chi connectivity index (χ0) is 40.4. The molecule has 57 heavy (non-hydrogen) atoms. The number of para-hydroxylation sites is 1. The average Bonchev–Trinajstić information content (AvgIpc) is 3.68. The molecule has 0 radical (unpaired) electrons. The number of nitrogens with one attached hydrogen (secondary N) is 2. The van der Waals surface area contributed by atoms with Crippen LogP contribution in [-0.2, 0) is 22.8 Å². The summed E-state index contributed by atoms with van der Waals surface area (Å²) in [5.74, 6) is -5.87. The Bertz CT molecular complexity index is 2470. The summed E-state index contributed by atoms with van der Waals surface area (Å²) in [6.45, 7) is 0.542. The van der Waals surface area contributed by atoms with Crippen LogP contribution in [0.25, 0.3) is 21.9 Å². The number of nitrogens with zero attached hydrogens (tertiary/aromatic N) is 6. The summed E-state index contributed by atoms with van der Waals surface area (Å²) in [5.41, 5.74) is -0.211. The van der Waals surface area contributed by atoms with Crippen LogP contribution in [0.4, 0.5) is 27.6 Å². The second-order valence-corrected chi connectivity index (χ2v) is 15.7. The molecule has 1 aliphatic carbocycles. The molecule has 0 bridgehead atoms. The first-order valence-electron chi connectivity index (χ1n) is 18.7. The number of imide groups is 1. The number of imidazole rings is 1. The zero-order valence-corrected chi connectivity index (χ0v) is 31.4. The van der Waals surface area contributed by atoms with Crippen molar-refractivity contribution in [2.45, 2.75) is 75.0 Å². The number of aryl methyl sites for hydroxylation is 1. The second-order valence-electron chi connectivity index (χ2n) is 15.3. The van der Waals surface area contributed by atoms with E-state index < -0.39 is 65.4 Å². The van der Waals surface area contributed by atoms with Crippen LogP contribution in [0.3, 0.4) is 0 Å². The number of amides is 3. The number of aromatic nitrogens is 5. The maximum atomic E-state index is 16.1. The summed E-state index contributed by atoms with van der Waals surface area (Å²) in [6, 6.07) is 10.3. The van der Waals surface area contributed by atoms with Gasteiger partial charge in [0.1, 0.15) is 17.4 Å². The molecule has 8 rings (SSSR count). The van der Waals surface area contributed by atoms with E-state index in [0.29, 0.717) is 40.6 Å². The normalized spacial score (nSPS) is 23.2. The fraction of sp³-hybridized carbons (Fsp3) is 0.436. The van der Waals surface area contributed by atoms with E-state index in [1.807, 2.05) is 15.8 Å². The molecule has 2 atom stereocenters. The van der Waals surface area contributed by atoms with Gasteiger partial charge in [-0.15, -0.1) is 0 Å². The van der Waals surface area contributed by atoms with Gasteiger partial charge in [0.15, 0.2) is 0 Å². The summed E-state index contributed by atoms with van der Waals surface area (Å²) in [5, 5.41) is 10.3. The molecule has 3 fully saturated rings. The molecule has 18 heteroatoms. The number of fused-ring (bicyclic) bond motifs is 2. The van der Waals surface area contributed by atoms with Crippen LogP contribution < -0.4 is 16.3 Å². The van der Waals surface area contributed by atoms with Crippen LogP contribution in [0.2, 0.25) is 5.02 Å². The molecule has 12 nitrogen and oxygen atoms in total. The third-order valence-corrected chi connectivity index (χ3v) is 11.9. The van der Waals surface area contributed by atoms with Gasteiger partial charge in [0.05, 0.1) is 45.8 Å². The van der Waals surface area contributed by atoms with Crippen molar-refractivity contribution in [1.29, 1.82) is 0 Å². The van der Waals surface area contributed by atoms with E-state index in [1.165, 1.54) is 22.2 Å². The van der Waals surface area contributed by atoms with Crippen molar-refractivity contribution in [3.8, 4) is 0 Å². The third kappa shape index (κ3) is 7.42. The van der Waals surface area contributed by atoms with Crippen molar-refractivity contribution in [3.63, 3.8) is 0 Å². The number of hydrogen-bond acceptors (Lipinski definition) is 7. The largest absolute Gasteiger partial charge is 0.433 e. The number of hydrogen-bond donors (Lipinski definition) is 2. The molecule has 0 spiro atoms. The predicted molar refractivity (Wildman–Crippen MR) is 200 cm³/mol. The van der Waals surface area contributed by atoms with Crippen molar-refractivity contribution in [1.82, 2.24) is 34.1 Å². The predicted octanol–water partition coefficient (Wildman–Crippen LogP) is 6.84. The van der Waals surface area contributed by atoms with Crippen molar-refractivity contribution < 1.29 is 36.3 Å². The first kappa shape index (κ1) is 38.7. The minimum atomic E-state index is -4.70. The topological polar surface area (TPSA) is 136 Å². The summed E-state index contributed by atoms with van der Waals surface area (Å²) in [6.07, 6.45) is 0.667. The fourth-order valence-electron chi connectivity index (χ4n) is 8.74. The maximum absolute atomic E-state index is 16.1. The minimum absolute atomic E-state index is 0.0477. The van der Waals surface area contributed by atoms with Gasteiger partial charge in [-0.25, -0.2) is 18.6 Å². The minimum Gasteiger partial charge on any atom is -0.319 e. The summed E-state index contributed by atoms with van der Waals surface area (Å²) >= 11 is 6.43. The molecule has 1 saturated carbocycles. The lowest BCUT2D eigenvalue weighted by Crippen LogP contribution is -2.49. The standard InChI is InChI=1S/C39H38ClF5N8O4/c1-50-34-24(4-2-6-30(34)53(37(50)57)31-12-13-33(54)48-36(31)56)25-14-15-51(20-38(25,41)42)18-21-8-10-23(11-9-21)52-19-22-16-29(26(40)17-28(22)49-52)47-35(55)27-5-3-7-32(46-27)39(43,44)45/h2-7,16-17,19,21,23,25,31H,8-15,18,20H2,1H3,(H,47,55)(H,48,54,56)/t21-,23-,25?,31?. The number of benzene rings is 2. The number of halogens is 6. The summed E-state index contributed by atoms with van der Waals surface area (Å²) in [4.78, 5) is 55.8. The molecular weight excluding hydrogens is 775 g/mol. The van der Waals surface area contributed by atoms with Gasteiger partial charge >= 0.3 is 11.9 Å². The van der Waals surface area contributed by atoms with Gasteiger partial charge in [0.2, 0.25) is 11.8 Å². The van der Waals surface area contributed by atoms with E-state index in [1.54, 1.807) is 30.3 Å². The van der Waals surface area contributed by atoms with E-state index in [0.717, 1.165) is 37.8 Å². The van der Waals surface area contributed by atoms with Gasteiger partial charge in [0, 0.05) is 31.6 Å². The number of carbonyl (C=O) groups excluding carboxylic acids is 3. The molecule has 2 aliphatic heterocycles. The Morgan fingerprint density at radius 1 is 1.02 bits per heavy atom. The zero-order valence-electron chi connectivity index (χ0n) is 30.7. The van der Waals surface area contributed by atoms with E-state index in [-0.39, 0.29) is 41.9 Å². The van der Waals surface area contributed by atoms with Crippen molar-refractivity contribution in [3.05, 3.63) is 87.2 Å². The average molecular weight is 813 g/mol. The fourth-order valence-corrected chi connectivity index (χ4v) is 8.94. The number of piperidine rings is 2. The highest BCUT2D eigenvalue weighted by Gasteiger charge is 2.47. The van der Waals surface area contributed by atoms with Gasteiger partial charge < -0.3 is 5.32 Å². The highest BCUT2D eigenvalue weighted by atomic mass is 35.5. The molecule has 3 amide bonds. The van der Waals surface area contributed by atoms with E-state index in [2.05, 4.69) is 15.6 Å². The highest BCUT2D eigenvalue weighted by Crippen LogP contribution is 2.44. The van der Waals surface area contributed by atoms with Gasteiger partial charge in [0.25, 0.3) is 11.8 Å². The second kappa shape index (κ2) is 14.7. The molecule has 2 unspecified atom stereocenters. The number of carbonyl (C=O) groups is 3. The van der Waals surface area contributed by atoms with Crippen LogP contribution in [0.1, 0.15) is 84.7 Å². The van der Waals surface area contributed by atoms with E-state index in [4.69, 9.17) is 16.7 Å². The lowest BCUT2D eigenvalue weighted by atomic mass is 9.83. The number of likely N-dealkylation sites (tertiary alicyclic amines) is 1. The molecule has 3 aromatic heterocycles. The van der Waals surface area contributed by atoms with Crippen molar-refractivity contribution in [2.75, 3.05) is 25.0 Å². The monoisotopic (exact) mass is 812 g/mol. The molecule has 2 saturated heterocycles. The van der Waals surface area contributed by atoms with Gasteiger partial charge in [-0.3, -0.25) is 38.4 Å². The highest BCUT2D eigenvalue weighted by molar-refractivity contribution is 6.34. The van der Waals surface area contributed by atoms with Crippen LogP contribution in [0, 0.1) is 5.92 Å². The Hall–Kier alpha value is -5.16. The Kier molecular flexibility index (Phi) is 9.95. The van der Waals surface area contributed by atoms with E-state index >= 15 is 8.78 Å². The molecule has 5 aromatic rings. The first-order chi connectivity index (χ1) is 27.1. The molecular formula is C39H38ClF5N8O4. The molecule has 5 heterocycles. The number of anilines is 1. The molecule has 300 valence electrons. The van der Waals surface area contributed by atoms with Crippen LogP contribution in [-0.4, -0.2) is 72.1 Å². The van der Waals surface area contributed by atoms with Gasteiger partial charge in [-0.2, -0.15) is 18.3 Å². The molecule has 2 aromatic carbocycles. The Morgan fingerprint density at radius 2 is 1.77 bits per heavy atom. The van der Waals surface area contributed by atoms with E-state index in [9.17, 15) is 32.3 Å². The summed E-state index contributed by atoms with van der Waals surface area (Å²) < 4.78 is 76.1. The quantitative estimate of drug-likeness (QED) is 0.136. The number of rotatable bonds is 7. The van der Waals surface area contributed by atoms with Crippen molar-refractivity contribution >= 4 is 56.9 Å². The smallest absolute Gasteiger partial charge is 0.319 e. The maximum Gasteiger partial charge on any atom is 0.433 e. The number of alkyl halides is 5. The van der Waals surface area contributed by atoms with Gasteiger partial charge in [-0.05, 0) is 86.9 Å². The van der Waals surface area contributed by atoms with Crippen LogP contribution in [0.5, 0.6) is 0 Å². The first-order valence-corrected chi connectivity index (χ1v) is 19.1. The Balaban J connectivity index is 0.900.